The van der Waals surface area contributed by atoms with E-state index in [0.717, 1.165) is 73.7 Å². The zero-order chi connectivity index (χ0) is 28.2. The van der Waals surface area contributed by atoms with Gasteiger partial charge in [-0.25, -0.2) is 0 Å². The summed E-state index contributed by atoms with van der Waals surface area (Å²) in [6.07, 6.45) is 3.50. The number of methoxy groups -OCH3 is 1. The van der Waals surface area contributed by atoms with Crippen LogP contribution in [0.1, 0.15) is 66.5 Å². The predicted octanol–water partition coefficient (Wildman–Crippen LogP) is 5.69. The Morgan fingerprint density at radius 1 is 1.02 bits per heavy atom. The van der Waals surface area contributed by atoms with Crippen molar-refractivity contribution in [1.29, 1.82) is 0 Å². The lowest BCUT2D eigenvalue weighted by Crippen LogP contribution is -2.43. The number of aryl methyl sites for hydroxylation is 1. The maximum absolute atomic E-state index is 14.3. The van der Waals surface area contributed by atoms with Crippen LogP contribution >= 0.6 is 0 Å². The molecule has 3 aromatic rings. The average molecular weight is 546 g/mol. The van der Waals surface area contributed by atoms with E-state index in [0.29, 0.717) is 26.3 Å². The Hall–Kier alpha value is -3.16. The molecule has 1 saturated heterocycles. The zero-order valence-corrected chi connectivity index (χ0v) is 24.4. The molecule has 0 bridgehead atoms. The minimum absolute atomic E-state index is 0.0179. The molecule has 2 aliphatic heterocycles. The van der Waals surface area contributed by atoms with Crippen LogP contribution in [0.3, 0.4) is 0 Å². The summed E-state index contributed by atoms with van der Waals surface area (Å²) < 4.78 is 19.2. The largest absolute Gasteiger partial charge is 0.497 e. The SMILES string of the molecule is CCn1nc(CC(C)(C)COCc2ccccc2)c2c1C(=O)N(Cc1ccc(OC)cc1)CC1(CCOCC1)C2. The summed E-state index contributed by atoms with van der Waals surface area (Å²) in [4.78, 5) is 16.3. The minimum Gasteiger partial charge on any atom is -0.497 e. The molecule has 214 valence electrons. The Morgan fingerprint density at radius 2 is 1.75 bits per heavy atom. The number of rotatable bonds is 10. The van der Waals surface area contributed by atoms with Gasteiger partial charge in [-0.15, -0.1) is 0 Å². The van der Waals surface area contributed by atoms with Crippen LogP contribution in [0.5, 0.6) is 5.75 Å². The summed E-state index contributed by atoms with van der Waals surface area (Å²) in [5, 5.41) is 5.06. The summed E-state index contributed by atoms with van der Waals surface area (Å²) in [7, 11) is 1.67. The number of benzene rings is 2. The molecule has 0 saturated carbocycles. The number of hydrogen-bond acceptors (Lipinski definition) is 5. The van der Waals surface area contributed by atoms with Gasteiger partial charge in [0.2, 0.25) is 0 Å². The van der Waals surface area contributed by atoms with Gasteiger partial charge in [-0.3, -0.25) is 9.48 Å². The van der Waals surface area contributed by atoms with E-state index in [1.54, 1.807) is 7.11 Å². The van der Waals surface area contributed by atoms with Gasteiger partial charge in [0.25, 0.3) is 5.91 Å². The summed E-state index contributed by atoms with van der Waals surface area (Å²) in [6, 6.07) is 18.3. The molecule has 0 unspecified atom stereocenters. The number of aromatic nitrogens is 2. The lowest BCUT2D eigenvalue weighted by Gasteiger charge is -2.39. The molecule has 7 heteroatoms. The molecular formula is C33H43N3O4. The van der Waals surface area contributed by atoms with E-state index < -0.39 is 0 Å². The Morgan fingerprint density at radius 3 is 2.42 bits per heavy atom. The van der Waals surface area contributed by atoms with Crippen LogP contribution in [0.25, 0.3) is 0 Å². The van der Waals surface area contributed by atoms with Crippen molar-refractivity contribution in [2.24, 2.45) is 10.8 Å². The smallest absolute Gasteiger partial charge is 0.272 e. The van der Waals surface area contributed by atoms with Crippen LogP contribution in [0.2, 0.25) is 0 Å². The summed E-state index contributed by atoms with van der Waals surface area (Å²) in [5.74, 6) is 0.895. The lowest BCUT2D eigenvalue weighted by atomic mass is 9.74. The molecule has 1 fully saturated rings. The highest BCUT2D eigenvalue weighted by Crippen LogP contribution is 2.41. The molecule has 2 aromatic carbocycles. The standard InChI is InChI=1S/C33H43N3O4/c1-5-36-30-28(29(34-36)20-32(2,3)24-40-22-26-9-7-6-8-10-26)19-33(15-17-39-18-16-33)23-35(31(30)37)21-25-11-13-27(38-4)14-12-25/h6-14H,5,15-24H2,1-4H3. The van der Waals surface area contributed by atoms with Crippen LogP contribution < -0.4 is 4.74 Å². The minimum atomic E-state index is -0.129. The van der Waals surface area contributed by atoms with Gasteiger partial charge in [0.15, 0.2) is 0 Å². The Bertz CT molecular complexity index is 1280. The molecule has 0 radical (unpaired) electrons. The first-order valence-electron chi connectivity index (χ1n) is 14.5. The third kappa shape index (κ3) is 6.42. The van der Waals surface area contributed by atoms with Gasteiger partial charge in [-0.2, -0.15) is 5.10 Å². The average Bonchev–Trinajstić information content (AvgIpc) is 3.23. The molecule has 40 heavy (non-hydrogen) atoms. The van der Waals surface area contributed by atoms with E-state index in [4.69, 9.17) is 19.3 Å². The van der Waals surface area contributed by atoms with Crippen LogP contribution in [0.15, 0.2) is 54.6 Å². The van der Waals surface area contributed by atoms with Gasteiger partial charge in [0.1, 0.15) is 11.4 Å². The van der Waals surface area contributed by atoms with Crippen molar-refractivity contribution < 1.29 is 19.0 Å². The molecule has 7 nitrogen and oxygen atoms in total. The monoisotopic (exact) mass is 545 g/mol. The number of nitrogens with zero attached hydrogens (tertiary/aromatic N) is 3. The van der Waals surface area contributed by atoms with E-state index in [1.807, 2.05) is 39.9 Å². The quantitative estimate of drug-likeness (QED) is 0.327. The van der Waals surface area contributed by atoms with Crippen LogP contribution in [-0.2, 0) is 42.0 Å². The van der Waals surface area contributed by atoms with Gasteiger partial charge in [-0.1, -0.05) is 56.3 Å². The normalized spacial score (nSPS) is 17.1. The molecule has 3 heterocycles. The van der Waals surface area contributed by atoms with E-state index >= 15 is 0 Å². The van der Waals surface area contributed by atoms with Crippen molar-refractivity contribution in [2.75, 3.05) is 33.5 Å². The molecule has 0 atom stereocenters. The molecule has 2 aliphatic rings. The number of carbonyl (C=O) groups excluding carboxylic acids is 1. The molecule has 0 N–H and O–H groups in total. The highest BCUT2D eigenvalue weighted by molar-refractivity contribution is 5.95. The van der Waals surface area contributed by atoms with Gasteiger partial charge >= 0.3 is 0 Å². The fourth-order valence-corrected chi connectivity index (χ4v) is 6.14. The first-order valence-corrected chi connectivity index (χ1v) is 14.5. The third-order valence-electron chi connectivity index (χ3n) is 8.34. The zero-order valence-electron chi connectivity index (χ0n) is 24.4. The van der Waals surface area contributed by atoms with Crippen LogP contribution in [0.4, 0.5) is 0 Å². The maximum atomic E-state index is 14.3. The van der Waals surface area contributed by atoms with Gasteiger partial charge < -0.3 is 19.1 Å². The molecule has 1 aromatic heterocycles. The summed E-state index contributed by atoms with van der Waals surface area (Å²) in [6.45, 7) is 11.2. The molecular weight excluding hydrogens is 502 g/mol. The molecule has 1 amide bonds. The number of amides is 1. The second-order valence-electron chi connectivity index (χ2n) is 12.2. The van der Waals surface area contributed by atoms with Crippen molar-refractivity contribution in [3.05, 3.63) is 82.7 Å². The number of ether oxygens (including phenoxy) is 3. The first-order chi connectivity index (χ1) is 19.3. The van der Waals surface area contributed by atoms with E-state index in [-0.39, 0.29) is 16.7 Å². The van der Waals surface area contributed by atoms with Gasteiger partial charge in [-0.05, 0) is 66.7 Å². The molecule has 0 aliphatic carbocycles. The number of carbonyl (C=O) groups is 1. The Kier molecular flexibility index (Phi) is 8.62. The summed E-state index contributed by atoms with van der Waals surface area (Å²) in [5.41, 5.74) is 5.05. The van der Waals surface area contributed by atoms with Crippen LogP contribution in [-0.4, -0.2) is 54.1 Å². The fraction of sp³-hybridized carbons (Fsp3) is 0.515. The van der Waals surface area contributed by atoms with E-state index in [9.17, 15) is 4.79 Å². The van der Waals surface area contributed by atoms with Gasteiger partial charge in [0.05, 0.1) is 26.0 Å². The van der Waals surface area contributed by atoms with Crippen molar-refractivity contribution >= 4 is 5.91 Å². The fourth-order valence-electron chi connectivity index (χ4n) is 6.14. The number of hydrogen-bond donors (Lipinski definition) is 0. The first kappa shape index (κ1) is 28.4. The van der Waals surface area contributed by atoms with E-state index in [2.05, 4.69) is 45.0 Å². The topological polar surface area (TPSA) is 65.8 Å². The Labute approximate surface area is 238 Å². The third-order valence-corrected chi connectivity index (χ3v) is 8.34. The van der Waals surface area contributed by atoms with Crippen molar-refractivity contribution in [3.63, 3.8) is 0 Å². The molecule has 5 rings (SSSR count). The van der Waals surface area contributed by atoms with Crippen molar-refractivity contribution in [3.8, 4) is 5.75 Å². The van der Waals surface area contributed by atoms with Crippen molar-refractivity contribution in [2.45, 2.75) is 66.2 Å². The summed E-state index contributed by atoms with van der Waals surface area (Å²) >= 11 is 0. The van der Waals surface area contributed by atoms with E-state index in [1.165, 1.54) is 5.56 Å². The second kappa shape index (κ2) is 12.1. The second-order valence-corrected chi connectivity index (χ2v) is 12.2. The lowest BCUT2D eigenvalue weighted by molar-refractivity contribution is -0.00218. The van der Waals surface area contributed by atoms with Crippen molar-refractivity contribution in [1.82, 2.24) is 14.7 Å². The highest BCUT2D eigenvalue weighted by Gasteiger charge is 2.43. The maximum Gasteiger partial charge on any atom is 0.272 e. The predicted molar refractivity (Wildman–Crippen MR) is 155 cm³/mol. The highest BCUT2D eigenvalue weighted by atomic mass is 16.5. The van der Waals surface area contributed by atoms with Gasteiger partial charge in [0, 0.05) is 38.4 Å². The molecule has 1 spiro atoms. The Balaban J connectivity index is 1.42. The number of fused-ring (bicyclic) bond motifs is 1. The van der Waals surface area contributed by atoms with Crippen LogP contribution in [0, 0.1) is 10.8 Å².